The number of halogens is 3. The molecule has 0 aliphatic heterocycles. The van der Waals surface area contributed by atoms with Crippen LogP contribution in [0.3, 0.4) is 0 Å². The lowest BCUT2D eigenvalue weighted by Crippen LogP contribution is -2.32. The SMILES string of the molecule is CCOc1cc(/C=N\NC(=O)C(=O)Nc2cccc(Cl)c2)cc(Br)c1OCC(=O)Nc1cccc(Cl)c1C. The van der Waals surface area contributed by atoms with Crippen molar-refractivity contribution in [2.75, 3.05) is 23.8 Å². The molecule has 0 aromatic heterocycles. The van der Waals surface area contributed by atoms with Crippen LogP contribution < -0.4 is 25.5 Å². The summed E-state index contributed by atoms with van der Waals surface area (Å²) in [7, 11) is 0. The van der Waals surface area contributed by atoms with Gasteiger partial charge >= 0.3 is 11.8 Å². The maximum Gasteiger partial charge on any atom is 0.329 e. The van der Waals surface area contributed by atoms with Crippen LogP contribution >= 0.6 is 39.1 Å². The molecule has 12 heteroatoms. The molecule has 0 spiro atoms. The Balaban J connectivity index is 1.63. The van der Waals surface area contributed by atoms with Crippen molar-refractivity contribution >= 4 is 74.4 Å². The van der Waals surface area contributed by atoms with Crippen LogP contribution in [-0.2, 0) is 14.4 Å². The van der Waals surface area contributed by atoms with E-state index in [4.69, 9.17) is 32.7 Å². The van der Waals surface area contributed by atoms with Gasteiger partial charge in [-0.05, 0) is 83.4 Å². The number of anilines is 2. The molecule has 3 N–H and O–H groups in total. The van der Waals surface area contributed by atoms with E-state index in [1.165, 1.54) is 12.3 Å². The van der Waals surface area contributed by atoms with E-state index >= 15 is 0 Å². The minimum atomic E-state index is -0.966. The largest absolute Gasteiger partial charge is 0.490 e. The topological polar surface area (TPSA) is 118 Å². The summed E-state index contributed by atoms with van der Waals surface area (Å²) in [5.74, 6) is -1.59. The Morgan fingerprint density at radius 1 is 1.00 bits per heavy atom. The fraction of sp³-hybridized carbons (Fsp3) is 0.154. The van der Waals surface area contributed by atoms with Gasteiger partial charge < -0.3 is 20.1 Å². The summed E-state index contributed by atoms with van der Waals surface area (Å²) in [6.45, 7) is 3.65. The van der Waals surface area contributed by atoms with E-state index in [9.17, 15) is 14.4 Å². The molecular weight excluding hydrogens is 599 g/mol. The number of amides is 3. The number of rotatable bonds is 9. The van der Waals surface area contributed by atoms with Crippen LogP contribution in [-0.4, -0.2) is 37.1 Å². The first-order valence-corrected chi connectivity index (χ1v) is 12.8. The van der Waals surface area contributed by atoms with Crippen molar-refractivity contribution in [3.63, 3.8) is 0 Å². The van der Waals surface area contributed by atoms with E-state index in [0.717, 1.165) is 5.56 Å². The Morgan fingerprint density at radius 3 is 2.50 bits per heavy atom. The van der Waals surface area contributed by atoms with E-state index in [2.05, 4.69) is 37.1 Å². The minimum absolute atomic E-state index is 0.282. The normalized spacial score (nSPS) is 10.7. The van der Waals surface area contributed by atoms with Gasteiger partial charge in [0.2, 0.25) is 0 Å². The number of hydrogen-bond acceptors (Lipinski definition) is 6. The highest BCUT2D eigenvalue weighted by atomic mass is 79.9. The highest BCUT2D eigenvalue weighted by Crippen LogP contribution is 2.36. The third-order valence-electron chi connectivity index (χ3n) is 4.89. The molecule has 0 saturated heterocycles. The molecule has 3 aromatic carbocycles. The highest BCUT2D eigenvalue weighted by Gasteiger charge is 2.16. The summed E-state index contributed by atoms with van der Waals surface area (Å²) >= 11 is 15.4. The van der Waals surface area contributed by atoms with Crippen LogP contribution in [0.15, 0.2) is 64.2 Å². The summed E-state index contributed by atoms with van der Waals surface area (Å²) in [5, 5.41) is 9.98. The predicted molar refractivity (Wildman–Crippen MR) is 151 cm³/mol. The minimum Gasteiger partial charge on any atom is -0.490 e. The second kappa shape index (κ2) is 13.8. The molecule has 0 bridgehead atoms. The predicted octanol–water partition coefficient (Wildman–Crippen LogP) is 5.57. The molecule has 3 rings (SSSR count). The van der Waals surface area contributed by atoms with Crippen molar-refractivity contribution in [2.24, 2.45) is 5.10 Å². The van der Waals surface area contributed by atoms with Crippen molar-refractivity contribution in [3.8, 4) is 11.5 Å². The van der Waals surface area contributed by atoms with E-state index in [0.29, 0.717) is 49.6 Å². The fourth-order valence-corrected chi connectivity index (χ4v) is 4.04. The summed E-state index contributed by atoms with van der Waals surface area (Å²) in [5.41, 5.74) is 4.40. The van der Waals surface area contributed by atoms with Crippen molar-refractivity contribution in [2.45, 2.75) is 13.8 Å². The third kappa shape index (κ3) is 8.20. The van der Waals surface area contributed by atoms with Gasteiger partial charge in [-0.2, -0.15) is 5.10 Å². The maximum atomic E-state index is 12.5. The van der Waals surface area contributed by atoms with Gasteiger partial charge in [-0.25, -0.2) is 5.43 Å². The van der Waals surface area contributed by atoms with Gasteiger partial charge in [0.25, 0.3) is 5.91 Å². The van der Waals surface area contributed by atoms with E-state index in [1.807, 2.05) is 0 Å². The van der Waals surface area contributed by atoms with Crippen LogP contribution in [0.4, 0.5) is 11.4 Å². The molecule has 0 aliphatic carbocycles. The lowest BCUT2D eigenvalue weighted by atomic mass is 10.2. The number of hydrogen-bond donors (Lipinski definition) is 3. The maximum absolute atomic E-state index is 12.5. The van der Waals surface area contributed by atoms with Crippen LogP contribution in [0.1, 0.15) is 18.1 Å². The number of ether oxygens (including phenoxy) is 2. The van der Waals surface area contributed by atoms with Gasteiger partial charge in [0, 0.05) is 21.4 Å². The van der Waals surface area contributed by atoms with Gasteiger partial charge in [-0.3, -0.25) is 14.4 Å². The molecule has 0 aliphatic rings. The van der Waals surface area contributed by atoms with Crippen LogP contribution in [0.2, 0.25) is 10.0 Å². The molecular formula is C26H23BrCl2N4O5. The molecule has 198 valence electrons. The summed E-state index contributed by atoms with van der Waals surface area (Å²) in [6.07, 6.45) is 1.33. The first kappa shape index (κ1) is 29.0. The van der Waals surface area contributed by atoms with Crippen molar-refractivity contribution in [1.29, 1.82) is 0 Å². The number of carbonyl (C=O) groups excluding carboxylic acids is 3. The van der Waals surface area contributed by atoms with Crippen molar-refractivity contribution < 1.29 is 23.9 Å². The van der Waals surface area contributed by atoms with E-state index < -0.39 is 11.8 Å². The van der Waals surface area contributed by atoms with Gasteiger partial charge in [-0.15, -0.1) is 0 Å². The Morgan fingerprint density at radius 2 is 1.76 bits per heavy atom. The van der Waals surface area contributed by atoms with E-state index in [-0.39, 0.29) is 12.5 Å². The van der Waals surface area contributed by atoms with Gasteiger partial charge in [0.05, 0.1) is 17.3 Å². The lowest BCUT2D eigenvalue weighted by molar-refractivity contribution is -0.136. The molecule has 0 atom stereocenters. The quantitative estimate of drug-likeness (QED) is 0.164. The van der Waals surface area contributed by atoms with Crippen LogP contribution in [0, 0.1) is 6.92 Å². The number of benzene rings is 3. The highest BCUT2D eigenvalue weighted by molar-refractivity contribution is 9.10. The van der Waals surface area contributed by atoms with Crippen molar-refractivity contribution in [1.82, 2.24) is 5.43 Å². The fourth-order valence-electron chi connectivity index (χ4n) is 3.10. The molecule has 38 heavy (non-hydrogen) atoms. The van der Waals surface area contributed by atoms with Gasteiger partial charge in [0.1, 0.15) is 0 Å². The van der Waals surface area contributed by atoms with Crippen LogP contribution in [0.25, 0.3) is 0 Å². The average molecular weight is 622 g/mol. The second-order valence-electron chi connectivity index (χ2n) is 7.68. The van der Waals surface area contributed by atoms with Crippen molar-refractivity contribution in [3.05, 3.63) is 80.2 Å². The first-order valence-electron chi connectivity index (χ1n) is 11.2. The van der Waals surface area contributed by atoms with Gasteiger partial charge in [0.15, 0.2) is 18.1 Å². The number of nitrogens with zero attached hydrogens (tertiary/aromatic N) is 1. The smallest absolute Gasteiger partial charge is 0.329 e. The Kier molecular flexibility index (Phi) is 10.5. The molecule has 9 nitrogen and oxygen atoms in total. The number of carbonyl (C=O) groups is 3. The first-order chi connectivity index (χ1) is 18.2. The average Bonchev–Trinajstić information content (AvgIpc) is 2.86. The Hall–Kier alpha value is -3.60. The summed E-state index contributed by atoms with van der Waals surface area (Å²) in [4.78, 5) is 36.6. The zero-order valence-electron chi connectivity index (χ0n) is 20.3. The third-order valence-corrected chi connectivity index (χ3v) is 6.12. The summed E-state index contributed by atoms with van der Waals surface area (Å²) < 4.78 is 11.9. The second-order valence-corrected chi connectivity index (χ2v) is 9.37. The molecule has 0 unspecified atom stereocenters. The van der Waals surface area contributed by atoms with Gasteiger partial charge in [-0.1, -0.05) is 35.3 Å². The standard InChI is InChI=1S/C26H23BrCl2N4O5/c1-3-37-22-11-16(13-30-33-26(36)25(35)31-18-7-4-6-17(28)12-18)10-19(27)24(22)38-14-23(34)32-21-9-5-8-20(29)15(21)2/h4-13H,3,14H2,1-2H3,(H,31,35)(H,32,34)(H,33,36)/b30-13-. The van der Waals surface area contributed by atoms with E-state index in [1.54, 1.807) is 62.4 Å². The molecule has 0 saturated carbocycles. The lowest BCUT2D eigenvalue weighted by Gasteiger charge is -2.15. The Labute approximate surface area is 237 Å². The zero-order valence-corrected chi connectivity index (χ0v) is 23.4. The number of hydrazone groups is 1. The summed E-state index contributed by atoms with van der Waals surface area (Å²) in [6, 6.07) is 14.9. The molecule has 3 amide bonds. The zero-order chi connectivity index (χ0) is 27.7. The Bertz CT molecular complexity index is 1380. The monoisotopic (exact) mass is 620 g/mol. The molecule has 0 fully saturated rings. The molecule has 0 heterocycles. The van der Waals surface area contributed by atoms with Crippen LogP contribution in [0.5, 0.6) is 11.5 Å². The number of nitrogens with one attached hydrogen (secondary N) is 3. The molecule has 3 aromatic rings. The molecule has 0 radical (unpaired) electrons.